The summed E-state index contributed by atoms with van der Waals surface area (Å²) in [7, 11) is 1.65. The van der Waals surface area contributed by atoms with E-state index in [0.717, 1.165) is 24.2 Å². The number of benzene rings is 1. The van der Waals surface area contributed by atoms with Crippen LogP contribution in [0.2, 0.25) is 0 Å². The molecule has 2 fully saturated rings. The predicted molar refractivity (Wildman–Crippen MR) is 118 cm³/mol. The number of hydrogen-bond donors (Lipinski definition) is 2. The Morgan fingerprint density at radius 1 is 1.37 bits per heavy atom. The Bertz CT molecular complexity index is 734. The van der Waals surface area contributed by atoms with E-state index in [1.807, 2.05) is 30.0 Å². The summed E-state index contributed by atoms with van der Waals surface area (Å²) in [6.07, 6.45) is 4.54. The summed E-state index contributed by atoms with van der Waals surface area (Å²) in [5, 5.41) is 10.7. The summed E-state index contributed by atoms with van der Waals surface area (Å²) in [6, 6.07) is 5.50. The molecule has 6 nitrogen and oxygen atoms in total. The fourth-order valence-electron chi connectivity index (χ4n) is 4.39. The maximum atomic E-state index is 13.0. The van der Waals surface area contributed by atoms with Gasteiger partial charge in [-0.2, -0.15) is 0 Å². The van der Waals surface area contributed by atoms with Crippen LogP contribution in [0.5, 0.6) is 11.5 Å². The number of hydrogen-bond acceptors (Lipinski definition) is 5. The van der Waals surface area contributed by atoms with E-state index in [9.17, 15) is 9.90 Å². The molecular formula is C24H38N2O4. The average Bonchev–Trinajstić information content (AvgIpc) is 3.50. The van der Waals surface area contributed by atoms with E-state index >= 15 is 0 Å². The third kappa shape index (κ3) is 4.92. The first kappa shape index (κ1) is 22.9. The monoisotopic (exact) mass is 418 g/mol. The molecule has 0 spiro atoms. The second-order valence-electron chi connectivity index (χ2n) is 9.37. The minimum absolute atomic E-state index is 0.00555. The van der Waals surface area contributed by atoms with Gasteiger partial charge in [-0.3, -0.25) is 4.79 Å². The van der Waals surface area contributed by atoms with Crippen molar-refractivity contribution in [1.29, 1.82) is 0 Å². The molecule has 1 aliphatic carbocycles. The van der Waals surface area contributed by atoms with Crippen molar-refractivity contribution >= 4 is 5.91 Å². The lowest BCUT2D eigenvalue weighted by molar-refractivity contribution is -0.132. The van der Waals surface area contributed by atoms with Gasteiger partial charge in [-0.05, 0) is 49.8 Å². The molecule has 3 N–H and O–H groups in total. The van der Waals surface area contributed by atoms with Crippen LogP contribution >= 0.6 is 0 Å². The number of aliphatic hydroxyl groups excluding tert-OH is 1. The number of nitrogens with zero attached hydrogens (tertiary/aromatic N) is 1. The number of rotatable bonds is 10. The Kier molecular flexibility index (Phi) is 7.30. The van der Waals surface area contributed by atoms with Crippen LogP contribution in [0, 0.1) is 11.3 Å². The number of likely N-dealkylation sites (tertiary alicyclic amines) is 1. The van der Waals surface area contributed by atoms with Gasteiger partial charge in [0, 0.05) is 24.4 Å². The molecule has 0 bridgehead atoms. The number of ether oxygens (including phenoxy) is 2. The number of nitrogens with two attached hydrogens (primary N) is 1. The Balaban J connectivity index is 1.83. The average molecular weight is 419 g/mol. The van der Waals surface area contributed by atoms with Gasteiger partial charge in [0.25, 0.3) is 0 Å². The number of unbranched alkanes of at least 4 members (excludes halogenated alkanes) is 1. The minimum atomic E-state index is -0.565. The zero-order valence-corrected chi connectivity index (χ0v) is 18.9. The van der Waals surface area contributed by atoms with E-state index in [0.29, 0.717) is 37.8 Å². The molecule has 1 saturated carbocycles. The summed E-state index contributed by atoms with van der Waals surface area (Å²) in [4.78, 5) is 14.8. The van der Waals surface area contributed by atoms with Crippen molar-refractivity contribution < 1.29 is 19.4 Å². The molecule has 6 heteroatoms. The first-order valence-electron chi connectivity index (χ1n) is 11.3. The van der Waals surface area contributed by atoms with Crippen LogP contribution in [-0.4, -0.2) is 54.9 Å². The summed E-state index contributed by atoms with van der Waals surface area (Å²) >= 11 is 0. The van der Waals surface area contributed by atoms with E-state index in [2.05, 4.69) is 13.8 Å². The van der Waals surface area contributed by atoms with E-state index in [-0.39, 0.29) is 11.8 Å². The Morgan fingerprint density at radius 3 is 2.70 bits per heavy atom. The van der Waals surface area contributed by atoms with E-state index in [1.165, 1.54) is 12.8 Å². The molecular weight excluding hydrogens is 380 g/mol. The molecule has 0 unspecified atom stereocenters. The van der Waals surface area contributed by atoms with E-state index in [1.54, 1.807) is 7.11 Å². The number of carbonyl (C=O) groups is 1. The maximum Gasteiger partial charge on any atom is 0.239 e. The third-order valence-corrected chi connectivity index (χ3v) is 6.94. The smallest absolute Gasteiger partial charge is 0.239 e. The lowest BCUT2D eigenvalue weighted by atomic mass is 9.72. The number of methoxy groups -OCH3 is 1. The van der Waals surface area contributed by atoms with Gasteiger partial charge in [-0.25, -0.2) is 0 Å². The van der Waals surface area contributed by atoms with Crippen LogP contribution in [0.25, 0.3) is 0 Å². The molecule has 30 heavy (non-hydrogen) atoms. The number of aliphatic hydroxyl groups is 1. The molecule has 1 aliphatic heterocycles. The molecule has 4 atom stereocenters. The van der Waals surface area contributed by atoms with Gasteiger partial charge in [0.2, 0.25) is 5.91 Å². The highest BCUT2D eigenvalue weighted by molar-refractivity contribution is 5.82. The normalized spacial score (nSPS) is 25.8. The van der Waals surface area contributed by atoms with Gasteiger partial charge >= 0.3 is 0 Å². The van der Waals surface area contributed by atoms with E-state index < -0.39 is 17.6 Å². The molecule has 1 heterocycles. The first-order valence-corrected chi connectivity index (χ1v) is 11.3. The van der Waals surface area contributed by atoms with Crippen molar-refractivity contribution in [2.75, 3.05) is 26.8 Å². The van der Waals surface area contributed by atoms with E-state index in [4.69, 9.17) is 15.2 Å². The lowest BCUT2D eigenvalue weighted by Gasteiger charge is -2.34. The molecule has 0 aromatic heterocycles. The minimum Gasteiger partial charge on any atom is -0.493 e. The molecule has 2 aliphatic rings. The fourth-order valence-corrected chi connectivity index (χ4v) is 4.39. The predicted octanol–water partition coefficient (Wildman–Crippen LogP) is 3.31. The zero-order valence-electron chi connectivity index (χ0n) is 18.9. The molecule has 1 saturated heterocycles. The summed E-state index contributed by atoms with van der Waals surface area (Å²) in [5.41, 5.74) is 6.78. The molecule has 168 valence electrons. The third-order valence-electron chi connectivity index (χ3n) is 6.94. The van der Waals surface area contributed by atoms with Crippen LogP contribution in [0.4, 0.5) is 0 Å². The van der Waals surface area contributed by atoms with Gasteiger partial charge in [-0.15, -0.1) is 0 Å². The molecule has 1 amide bonds. The van der Waals surface area contributed by atoms with Crippen molar-refractivity contribution in [3.05, 3.63) is 23.8 Å². The maximum absolute atomic E-state index is 13.0. The largest absolute Gasteiger partial charge is 0.493 e. The summed E-state index contributed by atoms with van der Waals surface area (Å²) in [6.45, 7) is 7.72. The van der Waals surface area contributed by atoms with Crippen molar-refractivity contribution in [3.63, 3.8) is 0 Å². The number of carbonyl (C=O) groups excluding carboxylic acids is 1. The quantitative estimate of drug-likeness (QED) is 0.609. The molecule has 3 rings (SSSR count). The Hall–Kier alpha value is -1.79. The van der Waals surface area contributed by atoms with Crippen LogP contribution in [0.15, 0.2) is 18.2 Å². The van der Waals surface area contributed by atoms with Crippen molar-refractivity contribution in [3.8, 4) is 11.5 Å². The van der Waals surface area contributed by atoms with Gasteiger partial charge < -0.3 is 25.2 Å². The van der Waals surface area contributed by atoms with Gasteiger partial charge in [0.05, 0.1) is 25.9 Å². The first-order chi connectivity index (χ1) is 14.3. The van der Waals surface area contributed by atoms with Crippen molar-refractivity contribution in [1.82, 2.24) is 4.90 Å². The highest BCUT2D eigenvalue weighted by atomic mass is 16.5. The van der Waals surface area contributed by atoms with Gasteiger partial charge in [0.15, 0.2) is 11.5 Å². The molecule has 0 radical (unpaired) electrons. The van der Waals surface area contributed by atoms with Gasteiger partial charge in [0.1, 0.15) is 0 Å². The Morgan fingerprint density at radius 2 is 2.10 bits per heavy atom. The van der Waals surface area contributed by atoms with Crippen molar-refractivity contribution in [2.45, 2.75) is 70.9 Å². The van der Waals surface area contributed by atoms with Crippen LogP contribution in [0.1, 0.15) is 64.4 Å². The Labute approximate surface area is 180 Å². The van der Waals surface area contributed by atoms with Gasteiger partial charge in [-0.1, -0.05) is 32.8 Å². The topological polar surface area (TPSA) is 85.0 Å². The highest BCUT2D eigenvalue weighted by Crippen LogP contribution is 2.47. The zero-order chi connectivity index (χ0) is 21.9. The SMILES string of the molecule is CCCC[C@H](N)C(=O)N1C[C@@H](c2ccc(OC)c(OCC3CC3)c2)[C@](C)([C@@H](C)O)C1. The second kappa shape index (κ2) is 9.56. The summed E-state index contributed by atoms with van der Waals surface area (Å²) < 4.78 is 11.5. The van der Waals surface area contributed by atoms with Crippen LogP contribution in [0.3, 0.4) is 0 Å². The van der Waals surface area contributed by atoms with Crippen LogP contribution < -0.4 is 15.2 Å². The summed E-state index contributed by atoms with van der Waals surface area (Å²) in [5.74, 6) is 2.07. The molecule has 1 aromatic rings. The highest BCUT2D eigenvalue weighted by Gasteiger charge is 2.49. The fraction of sp³-hybridized carbons (Fsp3) is 0.708. The lowest BCUT2D eigenvalue weighted by Crippen LogP contribution is -2.44. The standard InChI is InChI=1S/C24H38N2O4/c1-5-6-7-20(25)23(28)26-13-19(24(3,15-26)16(2)27)18-10-11-21(29-4)22(12-18)30-14-17-8-9-17/h10-12,16-17,19-20,27H,5-9,13-15,25H2,1-4H3/t16-,19+,20+,24+/m1/s1. The van der Waals surface area contributed by atoms with Crippen molar-refractivity contribution in [2.24, 2.45) is 17.1 Å². The van der Waals surface area contributed by atoms with Crippen LogP contribution in [-0.2, 0) is 4.79 Å². The number of amides is 1. The molecule has 1 aromatic carbocycles. The second-order valence-corrected chi connectivity index (χ2v) is 9.37.